The van der Waals surface area contributed by atoms with Crippen molar-refractivity contribution >= 4 is 5.97 Å². The Bertz CT molecular complexity index is 286. The van der Waals surface area contributed by atoms with E-state index in [2.05, 4.69) is 25.2 Å². The molecule has 0 fully saturated rings. The standard InChI is InChI=1S/C9H16N4O2/c1-3-7(9(14)15-2)10-5-4-8-11-6-12-13-8/h6-7,10H,3-5H2,1-2H3,(H,11,12,13). The van der Waals surface area contributed by atoms with Gasteiger partial charge in [-0.15, -0.1) is 0 Å². The van der Waals surface area contributed by atoms with Crippen molar-refractivity contribution < 1.29 is 9.53 Å². The molecule has 1 aromatic heterocycles. The molecule has 84 valence electrons. The van der Waals surface area contributed by atoms with E-state index in [1.165, 1.54) is 13.4 Å². The maximum absolute atomic E-state index is 11.2. The average molecular weight is 212 g/mol. The van der Waals surface area contributed by atoms with Gasteiger partial charge in [0.2, 0.25) is 0 Å². The second kappa shape index (κ2) is 6.13. The van der Waals surface area contributed by atoms with E-state index in [0.717, 1.165) is 5.82 Å². The smallest absolute Gasteiger partial charge is 0.322 e. The van der Waals surface area contributed by atoms with Crippen molar-refractivity contribution in [3.63, 3.8) is 0 Å². The minimum absolute atomic E-state index is 0.227. The van der Waals surface area contributed by atoms with Gasteiger partial charge in [-0.05, 0) is 6.42 Å². The van der Waals surface area contributed by atoms with Gasteiger partial charge in [0.25, 0.3) is 0 Å². The summed E-state index contributed by atoms with van der Waals surface area (Å²) in [5.41, 5.74) is 0. The fourth-order valence-electron chi connectivity index (χ4n) is 1.25. The third-order valence-corrected chi connectivity index (χ3v) is 2.11. The molecular weight excluding hydrogens is 196 g/mol. The highest BCUT2D eigenvalue weighted by Gasteiger charge is 2.15. The van der Waals surface area contributed by atoms with Crippen molar-refractivity contribution in [2.45, 2.75) is 25.8 Å². The first kappa shape index (κ1) is 11.6. The summed E-state index contributed by atoms with van der Waals surface area (Å²) in [5.74, 6) is 0.581. The van der Waals surface area contributed by atoms with Crippen molar-refractivity contribution in [2.75, 3.05) is 13.7 Å². The lowest BCUT2D eigenvalue weighted by molar-refractivity contribution is -0.143. The van der Waals surface area contributed by atoms with E-state index in [0.29, 0.717) is 19.4 Å². The maximum atomic E-state index is 11.2. The van der Waals surface area contributed by atoms with Crippen molar-refractivity contribution in [3.05, 3.63) is 12.2 Å². The number of rotatable bonds is 6. The highest BCUT2D eigenvalue weighted by molar-refractivity contribution is 5.75. The Balaban J connectivity index is 2.26. The number of nitrogens with one attached hydrogen (secondary N) is 2. The first-order valence-corrected chi connectivity index (χ1v) is 4.93. The lowest BCUT2D eigenvalue weighted by Crippen LogP contribution is -2.38. The number of aromatic amines is 1. The topological polar surface area (TPSA) is 79.9 Å². The minimum Gasteiger partial charge on any atom is -0.468 e. The molecule has 1 rings (SSSR count). The molecule has 1 heterocycles. The van der Waals surface area contributed by atoms with Crippen LogP contribution in [0.4, 0.5) is 0 Å². The van der Waals surface area contributed by atoms with E-state index in [9.17, 15) is 4.79 Å². The molecule has 6 nitrogen and oxygen atoms in total. The van der Waals surface area contributed by atoms with Crippen LogP contribution in [0.5, 0.6) is 0 Å². The normalized spacial score (nSPS) is 12.4. The van der Waals surface area contributed by atoms with Gasteiger partial charge in [0.1, 0.15) is 18.2 Å². The molecule has 0 bridgehead atoms. The number of hydrogen-bond donors (Lipinski definition) is 2. The number of ether oxygens (including phenoxy) is 1. The zero-order valence-corrected chi connectivity index (χ0v) is 8.99. The Morgan fingerprint density at radius 2 is 2.53 bits per heavy atom. The minimum atomic E-state index is -0.238. The third-order valence-electron chi connectivity index (χ3n) is 2.11. The van der Waals surface area contributed by atoms with Crippen LogP contribution in [0.2, 0.25) is 0 Å². The van der Waals surface area contributed by atoms with Crippen molar-refractivity contribution in [1.29, 1.82) is 0 Å². The Kier molecular flexibility index (Phi) is 4.76. The van der Waals surface area contributed by atoms with Gasteiger partial charge in [0, 0.05) is 13.0 Å². The molecule has 0 spiro atoms. The van der Waals surface area contributed by atoms with Gasteiger partial charge in [-0.25, -0.2) is 4.98 Å². The van der Waals surface area contributed by atoms with Crippen LogP contribution >= 0.6 is 0 Å². The molecule has 0 aliphatic carbocycles. The van der Waals surface area contributed by atoms with Crippen LogP contribution in [0.1, 0.15) is 19.2 Å². The lowest BCUT2D eigenvalue weighted by atomic mass is 10.2. The summed E-state index contributed by atoms with van der Waals surface area (Å²) in [6.07, 6.45) is 2.89. The molecule has 6 heteroatoms. The van der Waals surface area contributed by atoms with Gasteiger partial charge in [-0.3, -0.25) is 9.89 Å². The van der Waals surface area contributed by atoms with E-state index in [-0.39, 0.29) is 12.0 Å². The van der Waals surface area contributed by atoms with Crippen LogP contribution in [-0.2, 0) is 16.0 Å². The number of aromatic nitrogens is 3. The van der Waals surface area contributed by atoms with E-state index in [4.69, 9.17) is 0 Å². The zero-order valence-electron chi connectivity index (χ0n) is 8.99. The van der Waals surface area contributed by atoms with Gasteiger partial charge >= 0.3 is 5.97 Å². The number of H-pyrrole nitrogens is 1. The summed E-state index contributed by atoms with van der Waals surface area (Å²) >= 11 is 0. The summed E-state index contributed by atoms with van der Waals surface area (Å²) in [6, 6.07) is -0.238. The van der Waals surface area contributed by atoms with Crippen LogP contribution < -0.4 is 5.32 Å². The fraction of sp³-hybridized carbons (Fsp3) is 0.667. The van der Waals surface area contributed by atoms with Gasteiger partial charge in [-0.1, -0.05) is 6.92 Å². The van der Waals surface area contributed by atoms with Gasteiger partial charge in [0.05, 0.1) is 7.11 Å². The molecule has 2 N–H and O–H groups in total. The number of carbonyl (C=O) groups is 1. The molecule has 15 heavy (non-hydrogen) atoms. The molecule has 1 atom stereocenters. The Morgan fingerprint density at radius 1 is 1.73 bits per heavy atom. The SMILES string of the molecule is CCC(NCCc1ncn[nH]1)C(=O)OC. The number of hydrogen-bond acceptors (Lipinski definition) is 5. The zero-order chi connectivity index (χ0) is 11.1. The molecule has 0 aromatic carbocycles. The highest BCUT2D eigenvalue weighted by atomic mass is 16.5. The number of methoxy groups -OCH3 is 1. The van der Waals surface area contributed by atoms with Crippen LogP contribution in [-0.4, -0.2) is 40.8 Å². The van der Waals surface area contributed by atoms with Gasteiger partial charge < -0.3 is 10.1 Å². The molecule has 1 unspecified atom stereocenters. The number of carbonyl (C=O) groups excluding carboxylic acids is 1. The fourth-order valence-corrected chi connectivity index (χ4v) is 1.25. The van der Waals surface area contributed by atoms with E-state index in [1.54, 1.807) is 0 Å². The van der Waals surface area contributed by atoms with Crippen LogP contribution in [0.15, 0.2) is 6.33 Å². The summed E-state index contributed by atoms with van der Waals surface area (Å²) < 4.78 is 4.65. The Hall–Kier alpha value is -1.43. The summed E-state index contributed by atoms with van der Waals surface area (Å²) in [7, 11) is 1.39. The third kappa shape index (κ3) is 3.67. The van der Waals surface area contributed by atoms with E-state index >= 15 is 0 Å². The first-order chi connectivity index (χ1) is 7.27. The summed E-state index contributed by atoms with van der Waals surface area (Å²) in [6.45, 7) is 2.60. The second-order valence-electron chi connectivity index (χ2n) is 3.12. The van der Waals surface area contributed by atoms with Gasteiger partial charge in [-0.2, -0.15) is 5.10 Å². The number of nitrogens with zero attached hydrogens (tertiary/aromatic N) is 2. The molecule has 0 aliphatic rings. The Labute approximate surface area is 88.4 Å². The quantitative estimate of drug-likeness (QED) is 0.643. The van der Waals surface area contributed by atoms with Gasteiger partial charge in [0.15, 0.2) is 0 Å². The largest absolute Gasteiger partial charge is 0.468 e. The lowest BCUT2D eigenvalue weighted by Gasteiger charge is -2.13. The molecule has 0 amide bonds. The van der Waals surface area contributed by atoms with Crippen LogP contribution in [0.3, 0.4) is 0 Å². The highest BCUT2D eigenvalue weighted by Crippen LogP contribution is 1.94. The number of esters is 1. The van der Waals surface area contributed by atoms with Crippen LogP contribution in [0, 0.1) is 0 Å². The molecule has 0 aliphatic heterocycles. The monoisotopic (exact) mass is 212 g/mol. The molecular formula is C9H16N4O2. The average Bonchev–Trinajstić information content (AvgIpc) is 2.76. The Morgan fingerprint density at radius 3 is 3.07 bits per heavy atom. The summed E-state index contributed by atoms with van der Waals surface area (Å²) in [4.78, 5) is 15.2. The molecule has 1 aromatic rings. The maximum Gasteiger partial charge on any atom is 0.322 e. The van der Waals surface area contributed by atoms with Crippen LogP contribution in [0.25, 0.3) is 0 Å². The first-order valence-electron chi connectivity index (χ1n) is 4.93. The molecule has 0 saturated heterocycles. The van der Waals surface area contributed by atoms with E-state index < -0.39 is 0 Å². The van der Waals surface area contributed by atoms with Crippen molar-refractivity contribution in [1.82, 2.24) is 20.5 Å². The predicted octanol–water partition coefficient (Wildman–Crippen LogP) is -0.112. The van der Waals surface area contributed by atoms with Crippen molar-refractivity contribution in [3.8, 4) is 0 Å². The predicted molar refractivity (Wildman–Crippen MR) is 54.2 cm³/mol. The van der Waals surface area contributed by atoms with Crippen molar-refractivity contribution in [2.24, 2.45) is 0 Å². The summed E-state index contributed by atoms with van der Waals surface area (Å²) in [5, 5.41) is 9.59. The molecule has 0 saturated carbocycles. The second-order valence-corrected chi connectivity index (χ2v) is 3.12. The van der Waals surface area contributed by atoms with E-state index in [1.807, 2.05) is 6.92 Å². The molecule has 0 radical (unpaired) electrons.